The lowest BCUT2D eigenvalue weighted by Gasteiger charge is -2.16. The zero-order valence-corrected chi connectivity index (χ0v) is 17.7. The first kappa shape index (κ1) is 22.3. The van der Waals surface area contributed by atoms with E-state index in [0.29, 0.717) is 30.2 Å². The average molecular weight is 484 g/mol. The van der Waals surface area contributed by atoms with Crippen LogP contribution in [0.25, 0.3) is 0 Å². The number of alkyl halides is 3. The highest BCUT2D eigenvalue weighted by Gasteiger charge is 2.34. The fourth-order valence-corrected chi connectivity index (χ4v) is 5.64. The lowest BCUT2D eigenvalue weighted by Crippen LogP contribution is -2.15. The molecule has 0 aliphatic heterocycles. The topological polar surface area (TPSA) is 63.2 Å². The monoisotopic (exact) mass is 483 g/mol. The molecular weight excluding hydrogens is 470 g/mol. The summed E-state index contributed by atoms with van der Waals surface area (Å²) in [6, 6.07) is 6.92. The van der Waals surface area contributed by atoms with Gasteiger partial charge in [0.1, 0.15) is 5.78 Å². The maximum atomic E-state index is 13.1. The standard InChI is InChI=1S/C18H14Cl2F3NO3S2/c19-10-1-6-17(28-12-3-2-11(25)8-12)16(7-10)24-29(26,27)13-4-5-15(20)14(9-13)18(21,22)23/h1,4-7,9,12,24H,2-3,8H2. The number of sulfonamides is 1. The summed E-state index contributed by atoms with van der Waals surface area (Å²) < 4.78 is 66.9. The SMILES string of the molecule is O=C1CCC(Sc2ccc(Cl)cc2NS(=O)(=O)c2ccc(Cl)c(C(F)(F)F)c2)C1. The van der Waals surface area contributed by atoms with E-state index in [1.165, 1.54) is 17.8 Å². The Kier molecular flexibility index (Phi) is 6.43. The predicted octanol–water partition coefficient (Wildman–Crippen LogP) is 6.03. The van der Waals surface area contributed by atoms with Crippen LogP contribution in [0, 0.1) is 0 Å². The molecule has 0 saturated heterocycles. The van der Waals surface area contributed by atoms with E-state index in [9.17, 15) is 26.4 Å². The molecule has 1 aliphatic carbocycles. The summed E-state index contributed by atoms with van der Waals surface area (Å²) in [7, 11) is -4.34. The van der Waals surface area contributed by atoms with Crippen molar-refractivity contribution < 1.29 is 26.4 Å². The third-order valence-electron chi connectivity index (χ3n) is 4.23. The number of carbonyl (C=O) groups is 1. The Morgan fingerprint density at radius 3 is 2.45 bits per heavy atom. The van der Waals surface area contributed by atoms with Crippen LogP contribution in [0.1, 0.15) is 24.8 Å². The summed E-state index contributed by atoms with van der Waals surface area (Å²) in [6.07, 6.45) is -3.28. The number of thioether (sulfide) groups is 1. The molecule has 1 fully saturated rings. The fraction of sp³-hybridized carbons (Fsp3) is 0.278. The molecule has 1 aliphatic rings. The summed E-state index contributed by atoms with van der Waals surface area (Å²) in [5.41, 5.74) is -1.11. The van der Waals surface area contributed by atoms with Crippen molar-refractivity contribution in [2.75, 3.05) is 4.72 Å². The van der Waals surface area contributed by atoms with Crippen LogP contribution < -0.4 is 4.72 Å². The Balaban J connectivity index is 1.93. The van der Waals surface area contributed by atoms with Gasteiger partial charge in [0, 0.05) is 28.0 Å². The molecule has 0 radical (unpaired) electrons. The minimum Gasteiger partial charge on any atom is -0.300 e. The van der Waals surface area contributed by atoms with Crippen molar-refractivity contribution in [3.63, 3.8) is 0 Å². The minimum absolute atomic E-state index is 0.000654. The molecule has 29 heavy (non-hydrogen) atoms. The molecule has 1 unspecified atom stereocenters. The van der Waals surface area contributed by atoms with E-state index < -0.39 is 31.7 Å². The van der Waals surface area contributed by atoms with Gasteiger partial charge >= 0.3 is 6.18 Å². The van der Waals surface area contributed by atoms with Gasteiger partial charge in [0.05, 0.1) is 21.2 Å². The molecule has 3 rings (SSSR count). The first-order valence-corrected chi connectivity index (χ1v) is 11.4. The van der Waals surface area contributed by atoms with Crippen LogP contribution in [0.4, 0.5) is 18.9 Å². The van der Waals surface area contributed by atoms with E-state index in [0.717, 1.165) is 12.1 Å². The summed E-state index contributed by atoms with van der Waals surface area (Å²) in [5, 5.41) is -0.345. The van der Waals surface area contributed by atoms with Crippen LogP contribution in [0.3, 0.4) is 0 Å². The van der Waals surface area contributed by atoms with Gasteiger partial charge in [-0.3, -0.25) is 9.52 Å². The van der Waals surface area contributed by atoms with Crippen molar-refractivity contribution >= 4 is 56.5 Å². The zero-order chi connectivity index (χ0) is 21.4. The molecule has 2 aromatic rings. The van der Waals surface area contributed by atoms with E-state index in [-0.39, 0.29) is 21.7 Å². The van der Waals surface area contributed by atoms with Gasteiger partial charge in [0.2, 0.25) is 0 Å². The second kappa shape index (κ2) is 8.37. The van der Waals surface area contributed by atoms with Crippen molar-refractivity contribution in [1.82, 2.24) is 0 Å². The van der Waals surface area contributed by atoms with Gasteiger partial charge in [-0.05, 0) is 42.8 Å². The van der Waals surface area contributed by atoms with Gasteiger partial charge < -0.3 is 0 Å². The highest BCUT2D eigenvalue weighted by Crippen LogP contribution is 2.40. The molecule has 11 heteroatoms. The van der Waals surface area contributed by atoms with Crippen LogP contribution in [0.15, 0.2) is 46.2 Å². The lowest BCUT2D eigenvalue weighted by atomic mass is 10.2. The Morgan fingerprint density at radius 2 is 1.83 bits per heavy atom. The smallest absolute Gasteiger partial charge is 0.300 e. The quantitative estimate of drug-likeness (QED) is 0.563. The van der Waals surface area contributed by atoms with Gasteiger partial charge in [-0.25, -0.2) is 8.42 Å². The van der Waals surface area contributed by atoms with Crippen molar-refractivity contribution in [2.24, 2.45) is 0 Å². The predicted molar refractivity (Wildman–Crippen MR) is 107 cm³/mol. The maximum absolute atomic E-state index is 13.1. The average Bonchev–Trinajstić information content (AvgIpc) is 3.01. The summed E-state index contributed by atoms with van der Waals surface area (Å²) in [5.74, 6) is 0.138. The maximum Gasteiger partial charge on any atom is 0.417 e. The molecule has 0 heterocycles. The van der Waals surface area contributed by atoms with Gasteiger partial charge in [-0.1, -0.05) is 23.2 Å². The van der Waals surface area contributed by atoms with Gasteiger partial charge in [0.25, 0.3) is 10.0 Å². The van der Waals surface area contributed by atoms with Crippen molar-refractivity contribution in [1.29, 1.82) is 0 Å². The molecule has 4 nitrogen and oxygen atoms in total. The lowest BCUT2D eigenvalue weighted by molar-refractivity contribution is -0.137. The molecule has 1 atom stereocenters. The molecule has 0 bridgehead atoms. The normalized spacial score (nSPS) is 17.6. The highest BCUT2D eigenvalue weighted by molar-refractivity contribution is 8.00. The number of nitrogens with one attached hydrogen (secondary N) is 1. The number of anilines is 1. The number of hydrogen-bond donors (Lipinski definition) is 1. The number of benzene rings is 2. The molecule has 1 saturated carbocycles. The first-order valence-electron chi connectivity index (χ1n) is 8.33. The van der Waals surface area contributed by atoms with Crippen LogP contribution in [-0.2, 0) is 21.0 Å². The van der Waals surface area contributed by atoms with Crippen LogP contribution >= 0.6 is 35.0 Å². The van der Waals surface area contributed by atoms with Crippen LogP contribution in [0.5, 0.6) is 0 Å². The highest BCUT2D eigenvalue weighted by atomic mass is 35.5. The molecule has 156 valence electrons. The first-order chi connectivity index (χ1) is 13.5. The number of ketones is 1. The van der Waals surface area contributed by atoms with Gasteiger partial charge in [0.15, 0.2) is 0 Å². The Hall–Kier alpha value is -1.42. The molecule has 2 aromatic carbocycles. The van der Waals surface area contributed by atoms with E-state index in [2.05, 4.69) is 4.72 Å². The van der Waals surface area contributed by atoms with Crippen molar-refractivity contribution in [3.05, 3.63) is 52.0 Å². The number of carbonyl (C=O) groups excluding carboxylic acids is 1. The molecule has 0 spiro atoms. The number of Topliss-reactive ketones (excluding diaryl/α,β-unsaturated/α-hetero) is 1. The third-order valence-corrected chi connectivity index (χ3v) is 7.51. The molecule has 0 aromatic heterocycles. The van der Waals surface area contributed by atoms with Gasteiger partial charge in [-0.2, -0.15) is 13.2 Å². The second-order valence-electron chi connectivity index (χ2n) is 6.41. The van der Waals surface area contributed by atoms with Crippen LogP contribution in [-0.4, -0.2) is 19.5 Å². The Bertz CT molecular complexity index is 1060. The Labute approximate surface area is 179 Å². The molecule has 0 amide bonds. The number of hydrogen-bond acceptors (Lipinski definition) is 4. The third kappa shape index (κ3) is 5.39. The van der Waals surface area contributed by atoms with Crippen molar-refractivity contribution in [2.45, 2.75) is 40.5 Å². The largest absolute Gasteiger partial charge is 0.417 e. The molecule has 1 N–H and O–H groups in total. The summed E-state index contributed by atoms with van der Waals surface area (Å²) in [4.78, 5) is 11.4. The van der Waals surface area contributed by atoms with Crippen molar-refractivity contribution in [3.8, 4) is 0 Å². The number of rotatable bonds is 5. The Morgan fingerprint density at radius 1 is 1.10 bits per heavy atom. The fourth-order valence-electron chi connectivity index (χ4n) is 2.84. The number of halogens is 5. The van der Waals surface area contributed by atoms with Gasteiger partial charge in [-0.15, -0.1) is 11.8 Å². The second-order valence-corrected chi connectivity index (χ2v) is 10.3. The molecular formula is C18H14Cl2F3NO3S2. The van der Waals surface area contributed by atoms with E-state index in [1.807, 2.05) is 0 Å². The van der Waals surface area contributed by atoms with E-state index in [1.54, 1.807) is 12.1 Å². The zero-order valence-electron chi connectivity index (χ0n) is 14.6. The summed E-state index contributed by atoms with van der Waals surface area (Å²) in [6.45, 7) is 0. The minimum atomic E-state index is -4.80. The summed E-state index contributed by atoms with van der Waals surface area (Å²) >= 11 is 12.9. The van der Waals surface area contributed by atoms with E-state index >= 15 is 0 Å². The van der Waals surface area contributed by atoms with E-state index in [4.69, 9.17) is 23.2 Å². The van der Waals surface area contributed by atoms with Crippen LogP contribution in [0.2, 0.25) is 10.0 Å².